The highest BCUT2D eigenvalue weighted by atomic mass is 16.6. The quantitative estimate of drug-likeness (QED) is 0.191. The zero-order valence-corrected chi connectivity index (χ0v) is 23.9. The average molecular weight is 583 g/mol. The van der Waals surface area contributed by atoms with E-state index in [1.807, 2.05) is 30.3 Å². The zero-order chi connectivity index (χ0) is 30.1. The normalized spacial score (nSPS) is 13.5. The fourth-order valence-corrected chi connectivity index (χ4v) is 4.88. The fraction of sp³-hybridized carbons (Fsp3) is 0.242. The van der Waals surface area contributed by atoms with Crippen LogP contribution in [-0.2, 0) is 16.0 Å². The number of aromatic amines is 1. The van der Waals surface area contributed by atoms with Crippen molar-refractivity contribution in [1.82, 2.24) is 10.3 Å². The van der Waals surface area contributed by atoms with Crippen molar-refractivity contribution < 1.29 is 33.0 Å². The van der Waals surface area contributed by atoms with Crippen molar-refractivity contribution in [3.05, 3.63) is 88.9 Å². The molecule has 5 aromatic rings. The number of esters is 1. The van der Waals surface area contributed by atoms with Crippen LogP contribution in [0, 0.1) is 0 Å². The van der Waals surface area contributed by atoms with Crippen LogP contribution in [0.5, 0.6) is 17.2 Å². The number of nitrogens with one attached hydrogen (secondary N) is 2. The molecule has 0 unspecified atom stereocenters. The summed E-state index contributed by atoms with van der Waals surface area (Å²) < 4.78 is 28.0. The van der Waals surface area contributed by atoms with Crippen molar-refractivity contribution in [3.63, 3.8) is 0 Å². The maximum atomic E-state index is 13.4. The predicted octanol–water partition coefficient (Wildman–Crippen LogP) is 5.75. The zero-order valence-electron chi connectivity index (χ0n) is 23.9. The molecule has 3 aromatic carbocycles. The summed E-state index contributed by atoms with van der Waals surface area (Å²) in [5.74, 6) is 0.627. The van der Waals surface area contributed by atoms with Crippen LogP contribution < -0.4 is 25.0 Å². The molecule has 0 radical (unpaired) electrons. The Morgan fingerprint density at radius 3 is 2.56 bits per heavy atom. The topological polar surface area (TPSA) is 129 Å². The number of amides is 1. The number of carbonyl (C=O) groups excluding carboxylic acids is 2. The van der Waals surface area contributed by atoms with Gasteiger partial charge in [0.25, 0.3) is 0 Å². The molecular formula is C33H30N2O8. The summed E-state index contributed by atoms with van der Waals surface area (Å²) in [6.45, 7) is 6.11. The van der Waals surface area contributed by atoms with E-state index in [0.717, 1.165) is 16.6 Å². The van der Waals surface area contributed by atoms with E-state index >= 15 is 0 Å². The third-order valence-corrected chi connectivity index (χ3v) is 6.80. The lowest BCUT2D eigenvalue weighted by Crippen LogP contribution is -2.46. The third kappa shape index (κ3) is 6.18. The van der Waals surface area contributed by atoms with Crippen LogP contribution in [0.15, 0.2) is 82.2 Å². The number of para-hydroxylation sites is 1. The van der Waals surface area contributed by atoms with Crippen LogP contribution in [-0.4, -0.2) is 41.9 Å². The predicted molar refractivity (Wildman–Crippen MR) is 160 cm³/mol. The van der Waals surface area contributed by atoms with Crippen LogP contribution in [0.2, 0.25) is 0 Å². The maximum Gasteiger partial charge on any atom is 0.408 e. The molecule has 1 atom stereocenters. The third-order valence-electron chi connectivity index (χ3n) is 6.80. The van der Waals surface area contributed by atoms with Crippen LogP contribution in [0.4, 0.5) is 4.79 Å². The molecule has 0 saturated carbocycles. The molecule has 220 valence electrons. The van der Waals surface area contributed by atoms with Gasteiger partial charge in [0.15, 0.2) is 16.9 Å². The van der Waals surface area contributed by atoms with E-state index in [-0.39, 0.29) is 23.2 Å². The molecule has 0 aliphatic carbocycles. The summed E-state index contributed by atoms with van der Waals surface area (Å²) in [6, 6.07) is 18.3. The van der Waals surface area contributed by atoms with Crippen molar-refractivity contribution in [3.8, 4) is 28.4 Å². The number of alkyl carbamates (subject to hydrolysis) is 1. The second-order valence-electron chi connectivity index (χ2n) is 11.2. The van der Waals surface area contributed by atoms with E-state index in [2.05, 4.69) is 10.3 Å². The van der Waals surface area contributed by atoms with Crippen molar-refractivity contribution in [2.45, 2.75) is 38.8 Å². The van der Waals surface area contributed by atoms with Gasteiger partial charge in [0.05, 0.1) is 10.9 Å². The number of aromatic nitrogens is 1. The Morgan fingerprint density at radius 2 is 1.77 bits per heavy atom. The molecule has 10 nitrogen and oxygen atoms in total. The summed E-state index contributed by atoms with van der Waals surface area (Å²) in [4.78, 5) is 42.6. The molecular weight excluding hydrogens is 552 g/mol. The van der Waals surface area contributed by atoms with Crippen LogP contribution >= 0.6 is 0 Å². The first-order chi connectivity index (χ1) is 20.6. The van der Waals surface area contributed by atoms with Gasteiger partial charge in [-0.05, 0) is 68.1 Å². The second kappa shape index (κ2) is 11.2. The summed E-state index contributed by atoms with van der Waals surface area (Å²) in [6.07, 6.45) is 0.750. The van der Waals surface area contributed by atoms with Gasteiger partial charge in [-0.1, -0.05) is 24.3 Å². The van der Waals surface area contributed by atoms with E-state index in [1.54, 1.807) is 45.0 Å². The minimum Gasteiger partial charge on any atom is -0.486 e. The van der Waals surface area contributed by atoms with E-state index in [0.29, 0.717) is 41.2 Å². The second-order valence-corrected chi connectivity index (χ2v) is 11.2. The lowest BCUT2D eigenvalue weighted by Gasteiger charge is -2.22. The molecule has 2 aromatic heterocycles. The summed E-state index contributed by atoms with van der Waals surface area (Å²) in [5, 5.41) is 3.92. The van der Waals surface area contributed by atoms with Crippen LogP contribution in [0.1, 0.15) is 26.5 Å². The van der Waals surface area contributed by atoms with Gasteiger partial charge >= 0.3 is 12.1 Å². The smallest absolute Gasteiger partial charge is 0.408 e. The van der Waals surface area contributed by atoms with E-state index in [9.17, 15) is 14.4 Å². The molecule has 10 heteroatoms. The van der Waals surface area contributed by atoms with Crippen molar-refractivity contribution in [2.75, 3.05) is 13.2 Å². The minimum atomic E-state index is -1.07. The van der Waals surface area contributed by atoms with Crippen LogP contribution in [0.3, 0.4) is 0 Å². The average Bonchev–Trinajstić information content (AvgIpc) is 3.38. The molecule has 6 rings (SSSR count). The molecule has 2 N–H and O–H groups in total. The number of hydrogen-bond acceptors (Lipinski definition) is 8. The van der Waals surface area contributed by atoms with Gasteiger partial charge in [-0.25, -0.2) is 9.59 Å². The first-order valence-corrected chi connectivity index (χ1v) is 13.9. The molecule has 0 bridgehead atoms. The Hall–Kier alpha value is -5.25. The van der Waals surface area contributed by atoms with Crippen LogP contribution in [0.25, 0.3) is 33.0 Å². The molecule has 0 saturated heterocycles. The molecule has 3 heterocycles. The molecule has 0 fully saturated rings. The number of hydrogen-bond donors (Lipinski definition) is 2. The number of carbonyl (C=O) groups is 2. The molecule has 1 aliphatic heterocycles. The first kappa shape index (κ1) is 27.9. The van der Waals surface area contributed by atoms with Gasteiger partial charge < -0.3 is 33.7 Å². The summed E-state index contributed by atoms with van der Waals surface area (Å²) >= 11 is 0. The van der Waals surface area contributed by atoms with E-state index < -0.39 is 23.7 Å². The maximum absolute atomic E-state index is 13.4. The Bertz CT molecular complexity index is 1870. The lowest BCUT2D eigenvalue weighted by atomic mass is 10.0. The number of benzene rings is 3. The highest BCUT2D eigenvalue weighted by Crippen LogP contribution is 2.34. The Balaban J connectivity index is 1.24. The summed E-state index contributed by atoms with van der Waals surface area (Å²) in [5.41, 5.74) is 1.85. The first-order valence-electron chi connectivity index (χ1n) is 13.9. The Kier molecular flexibility index (Phi) is 7.27. The van der Waals surface area contributed by atoms with Gasteiger partial charge in [0.2, 0.25) is 0 Å². The molecule has 43 heavy (non-hydrogen) atoms. The van der Waals surface area contributed by atoms with E-state index in [1.165, 1.54) is 18.4 Å². The fourth-order valence-electron chi connectivity index (χ4n) is 4.88. The van der Waals surface area contributed by atoms with Gasteiger partial charge in [0, 0.05) is 23.7 Å². The Morgan fingerprint density at radius 1 is 0.977 bits per heavy atom. The highest BCUT2D eigenvalue weighted by Gasteiger charge is 2.27. The van der Waals surface area contributed by atoms with E-state index in [4.69, 9.17) is 23.4 Å². The Labute approximate surface area is 246 Å². The molecule has 1 amide bonds. The summed E-state index contributed by atoms with van der Waals surface area (Å²) in [7, 11) is 0. The largest absolute Gasteiger partial charge is 0.486 e. The van der Waals surface area contributed by atoms with Crippen molar-refractivity contribution in [2.24, 2.45) is 0 Å². The number of fused-ring (bicyclic) bond motifs is 3. The minimum absolute atomic E-state index is 0.133. The monoisotopic (exact) mass is 582 g/mol. The number of H-pyrrole nitrogens is 1. The van der Waals surface area contributed by atoms with Gasteiger partial charge in [-0.3, -0.25) is 4.79 Å². The molecule has 0 spiro atoms. The van der Waals surface area contributed by atoms with Crippen molar-refractivity contribution in [1.29, 1.82) is 0 Å². The highest BCUT2D eigenvalue weighted by molar-refractivity contribution is 5.87. The lowest BCUT2D eigenvalue weighted by molar-refractivity contribution is -0.136. The number of ether oxygens (including phenoxy) is 4. The van der Waals surface area contributed by atoms with Gasteiger partial charge in [-0.2, -0.15) is 0 Å². The van der Waals surface area contributed by atoms with Gasteiger partial charge in [-0.15, -0.1) is 0 Å². The van der Waals surface area contributed by atoms with Gasteiger partial charge in [0.1, 0.15) is 42.5 Å². The number of rotatable bonds is 6. The van der Waals surface area contributed by atoms with Crippen molar-refractivity contribution >= 4 is 33.9 Å². The SMILES string of the molecule is CC(C)(C)OC(=O)N[C@H](Cc1cc2ccccc2[nH]1)C(=O)Oc1ccc2c(=O)c(-c3ccc4c(c3)OCCO4)coc2c1. The standard InChI is InChI=1S/C33H30N2O8/c1-33(2,3)43-32(38)35-26(16-21-14-20-6-4-5-7-25(20)34-21)31(37)42-22-9-10-23-28(17-22)41-18-24(30(23)36)19-8-11-27-29(15-19)40-13-12-39-27/h4-11,14-15,17-18,26,34H,12-13,16H2,1-3H3,(H,35,38)/t26-/m1/s1. The molecule has 1 aliphatic rings.